The first-order valence-electron chi connectivity index (χ1n) is 9.57. The van der Waals surface area contributed by atoms with E-state index in [2.05, 4.69) is 4.98 Å². The van der Waals surface area contributed by atoms with Crippen molar-refractivity contribution in [2.24, 2.45) is 0 Å². The summed E-state index contributed by atoms with van der Waals surface area (Å²) in [5.41, 5.74) is 1.61. The van der Waals surface area contributed by atoms with Crippen LogP contribution >= 0.6 is 0 Å². The van der Waals surface area contributed by atoms with E-state index in [0.717, 1.165) is 5.56 Å². The van der Waals surface area contributed by atoms with Gasteiger partial charge in [-0.3, -0.25) is 14.6 Å². The van der Waals surface area contributed by atoms with Crippen LogP contribution in [0.15, 0.2) is 78.6 Å². The summed E-state index contributed by atoms with van der Waals surface area (Å²) in [6.45, 7) is 0.133. The number of nitrogens with zero attached hydrogens (tertiary/aromatic N) is 2. The molecule has 0 bridgehead atoms. The second-order valence-corrected chi connectivity index (χ2v) is 7.06. The number of aromatic nitrogens is 1. The Balaban J connectivity index is 1.84. The molecule has 0 unspecified atom stereocenters. The molecule has 1 aliphatic heterocycles. The molecule has 0 aliphatic carbocycles. The zero-order chi connectivity index (χ0) is 22.0. The Kier molecular flexibility index (Phi) is 5.49. The van der Waals surface area contributed by atoms with Gasteiger partial charge < -0.3 is 14.7 Å². The Bertz CT molecular complexity index is 1140. The summed E-state index contributed by atoms with van der Waals surface area (Å²) in [7, 11) is 1.52. The van der Waals surface area contributed by atoms with Crippen LogP contribution in [0.25, 0.3) is 5.76 Å². The molecule has 1 amide bonds. The minimum absolute atomic E-state index is 0.0455. The number of aliphatic hydroxyl groups excluding tert-OH is 1. The number of methoxy groups -OCH3 is 1. The first-order chi connectivity index (χ1) is 15.0. The molecule has 1 fully saturated rings. The summed E-state index contributed by atoms with van der Waals surface area (Å²) in [6.07, 6.45) is 3.19. The Morgan fingerprint density at radius 2 is 1.68 bits per heavy atom. The van der Waals surface area contributed by atoms with Crippen LogP contribution in [0.5, 0.6) is 5.75 Å². The molecule has 4 rings (SSSR count). The van der Waals surface area contributed by atoms with Crippen LogP contribution in [0.1, 0.15) is 22.7 Å². The Labute approximate surface area is 178 Å². The maximum atomic E-state index is 13.5. The molecule has 2 aromatic carbocycles. The number of amides is 1. The summed E-state index contributed by atoms with van der Waals surface area (Å²) >= 11 is 0. The summed E-state index contributed by atoms with van der Waals surface area (Å²) in [6, 6.07) is 14.7. The third kappa shape index (κ3) is 3.90. The number of hydrogen-bond donors (Lipinski definition) is 1. The van der Waals surface area contributed by atoms with E-state index in [-0.39, 0.29) is 17.9 Å². The molecule has 7 heteroatoms. The molecule has 3 aromatic rings. The molecule has 31 heavy (non-hydrogen) atoms. The van der Waals surface area contributed by atoms with Gasteiger partial charge in [-0.1, -0.05) is 12.1 Å². The van der Waals surface area contributed by atoms with Gasteiger partial charge in [0.25, 0.3) is 11.7 Å². The number of ketones is 1. The van der Waals surface area contributed by atoms with Crippen LogP contribution < -0.4 is 4.74 Å². The van der Waals surface area contributed by atoms with Gasteiger partial charge in [0, 0.05) is 24.5 Å². The number of ether oxygens (including phenoxy) is 1. The lowest BCUT2D eigenvalue weighted by molar-refractivity contribution is -0.140. The Morgan fingerprint density at radius 3 is 2.29 bits per heavy atom. The maximum absolute atomic E-state index is 13.5. The number of carbonyl (C=O) groups excluding carboxylic acids is 2. The van der Waals surface area contributed by atoms with Gasteiger partial charge in [0.2, 0.25) is 0 Å². The highest BCUT2D eigenvalue weighted by atomic mass is 19.1. The lowest BCUT2D eigenvalue weighted by atomic mass is 9.95. The molecule has 0 spiro atoms. The van der Waals surface area contributed by atoms with Crippen LogP contribution in [-0.4, -0.2) is 33.8 Å². The molecular weight excluding hydrogens is 399 g/mol. The highest BCUT2D eigenvalue weighted by molar-refractivity contribution is 6.46. The van der Waals surface area contributed by atoms with Gasteiger partial charge in [-0.05, 0) is 59.7 Å². The lowest BCUT2D eigenvalue weighted by Crippen LogP contribution is -2.29. The van der Waals surface area contributed by atoms with Gasteiger partial charge in [0.15, 0.2) is 0 Å². The number of benzene rings is 2. The highest BCUT2D eigenvalue weighted by Gasteiger charge is 2.46. The fourth-order valence-corrected chi connectivity index (χ4v) is 3.62. The number of hydrogen-bond acceptors (Lipinski definition) is 5. The molecule has 0 saturated carbocycles. The van der Waals surface area contributed by atoms with Gasteiger partial charge in [-0.2, -0.15) is 0 Å². The first-order valence-corrected chi connectivity index (χ1v) is 9.57. The zero-order valence-corrected chi connectivity index (χ0v) is 16.7. The number of likely N-dealkylation sites (tertiary alicyclic amines) is 1. The number of aliphatic hydroxyl groups is 1. The third-order valence-corrected chi connectivity index (χ3v) is 5.19. The van der Waals surface area contributed by atoms with E-state index >= 15 is 0 Å². The average Bonchev–Trinajstić information content (AvgIpc) is 3.05. The monoisotopic (exact) mass is 418 g/mol. The number of pyridine rings is 1. The molecule has 1 aliphatic rings. The summed E-state index contributed by atoms with van der Waals surface area (Å²) in [4.78, 5) is 31.2. The highest BCUT2D eigenvalue weighted by Crippen LogP contribution is 2.40. The van der Waals surface area contributed by atoms with E-state index < -0.39 is 23.5 Å². The lowest BCUT2D eigenvalue weighted by Gasteiger charge is -2.25. The van der Waals surface area contributed by atoms with Crippen LogP contribution in [0.3, 0.4) is 0 Å². The maximum Gasteiger partial charge on any atom is 0.295 e. The van der Waals surface area contributed by atoms with Crippen molar-refractivity contribution >= 4 is 17.4 Å². The fraction of sp³-hybridized carbons (Fsp3) is 0.125. The van der Waals surface area contributed by atoms with Crippen molar-refractivity contribution in [2.75, 3.05) is 7.11 Å². The number of halogens is 1. The topological polar surface area (TPSA) is 79.7 Å². The second-order valence-electron chi connectivity index (χ2n) is 7.06. The molecule has 2 heterocycles. The van der Waals surface area contributed by atoms with E-state index in [1.165, 1.54) is 36.3 Å². The Hall–Kier alpha value is -4.00. The van der Waals surface area contributed by atoms with Crippen LogP contribution in [0.2, 0.25) is 0 Å². The van der Waals surface area contributed by atoms with Crippen LogP contribution in [-0.2, 0) is 16.1 Å². The summed E-state index contributed by atoms with van der Waals surface area (Å²) in [5.74, 6) is -1.68. The first kappa shape index (κ1) is 20.3. The van der Waals surface area contributed by atoms with Gasteiger partial charge in [0.05, 0.1) is 18.7 Å². The molecule has 1 saturated heterocycles. The van der Waals surface area contributed by atoms with Gasteiger partial charge in [-0.15, -0.1) is 0 Å². The van der Waals surface area contributed by atoms with Crippen molar-refractivity contribution in [3.05, 3.63) is 101 Å². The van der Waals surface area contributed by atoms with E-state index in [1.54, 1.807) is 48.8 Å². The van der Waals surface area contributed by atoms with Gasteiger partial charge >= 0.3 is 0 Å². The summed E-state index contributed by atoms with van der Waals surface area (Å²) < 4.78 is 18.7. The third-order valence-electron chi connectivity index (χ3n) is 5.19. The van der Waals surface area contributed by atoms with Crippen molar-refractivity contribution < 1.29 is 23.8 Å². The van der Waals surface area contributed by atoms with E-state index in [4.69, 9.17) is 4.74 Å². The molecule has 6 nitrogen and oxygen atoms in total. The standard InChI is InChI=1S/C24H19FN2O4/c1-31-19-8-4-17(5-9-19)22(28)20-21(16-2-6-18(25)7-3-16)27(24(30)23(20)29)14-15-10-12-26-13-11-15/h2-13,21,28H,14H2,1H3/t21-/m1/s1. The SMILES string of the molecule is COc1ccc(C(O)=C2C(=O)C(=O)N(Cc3ccncc3)[C@@H]2c2ccc(F)cc2)cc1. The van der Waals surface area contributed by atoms with Crippen LogP contribution in [0.4, 0.5) is 4.39 Å². The second kappa shape index (κ2) is 8.39. The quantitative estimate of drug-likeness (QED) is 0.387. The average molecular weight is 418 g/mol. The van der Waals surface area contributed by atoms with Crippen LogP contribution in [0, 0.1) is 5.82 Å². The van der Waals surface area contributed by atoms with E-state index in [9.17, 15) is 19.1 Å². The number of Topliss-reactive ketones (excluding diaryl/α,β-unsaturated/α-hetero) is 1. The number of rotatable bonds is 5. The molecular formula is C24H19FN2O4. The predicted octanol–water partition coefficient (Wildman–Crippen LogP) is 3.85. The van der Waals surface area contributed by atoms with Crippen molar-refractivity contribution in [1.29, 1.82) is 0 Å². The summed E-state index contributed by atoms with van der Waals surface area (Å²) in [5, 5.41) is 11.0. The van der Waals surface area contributed by atoms with Crippen molar-refractivity contribution in [3.63, 3.8) is 0 Å². The number of carbonyl (C=O) groups is 2. The molecule has 1 aromatic heterocycles. The van der Waals surface area contributed by atoms with Gasteiger partial charge in [-0.25, -0.2) is 4.39 Å². The van der Waals surface area contributed by atoms with E-state index in [0.29, 0.717) is 16.9 Å². The normalized spacial score (nSPS) is 17.7. The largest absolute Gasteiger partial charge is 0.507 e. The zero-order valence-electron chi connectivity index (χ0n) is 16.7. The fourth-order valence-electron chi connectivity index (χ4n) is 3.62. The molecule has 1 atom stereocenters. The van der Waals surface area contributed by atoms with Crippen molar-refractivity contribution in [3.8, 4) is 5.75 Å². The van der Waals surface area contributed by atoms with Crippen molar-refractivity contribution in [2.45, 2.75) is 12.6 Å². The van der Waals surface area contributed by atoms with Gasteiger partial charge in [0.1, 0.15) is 17.3 Å². The minimum atomic E-state index is -0.865. The van der Waals surface area contributed by atoms with Crippen molar-refractivity contribution in [1.82, 2.24) is 9.88 Å². The minimum Gasteiger partial charge on any atom is -0.507 e. The molecule has 1 N–H and O–H groups in total. The molecule has 156 valence electrons. The smallest absolute Gasteiger partial charge is 0.295 e. The van der Waals surface area contributed by atoms with E-state index in [1.807, 2.05) is 0 Å². The Morgan fingerprint density at radius 1 is 1.03 bits per heavy atom. The molecule has 0 radical (unpaired) electrons. The predicted molar refractivity (Wildman–Crippen MR) is 111 cm³/mol.